The third-order valence-electron chi connectivity index (χ3n) is 2.84. The summed E-state index contributed by atoms with van der Waals surface area (Å²) >= 11 is 12.1. The first kappa shape index (κ1) is 12.3. The van der Waals surface area contributed by atoms with E-state index in [2.05, 4.69) is 0 Å². The van der Waals surface area contributed by atoms with Crippen molar-refractivity contribution in [1.82, 2.24) is 0 Å². The maximum absolute atomic E-state index is 10.8. The highest BCUT2D eigenvalue weighted by Crippen LogP contribution is 2.33. The summed E-state index contributed by atoms with van der Waals surface area (Å²) in [6, 6.07) is 12.5. The van der Waals surface area contributed by atoms with Gasteiger partial charge in [0, 0.05) is 21.5 Å². The molecule has 1 heterocycles. The van der Waals surface area contributed by atoms with Crippen LogP contribution in [0.15, 0.2) is 46.9 Å². The number of carbonyl (C=O) groups excluding carboxylic acids is 1. The van der Waals surface area contributed by atoms with E-state index in [4.69, 9.17) is 27.6 Å². The third kappa shape index (κ3) is 2.25. The average molecular weight is 291 g/mol. The van der Waals surface area contributed by atoms with Crippen molar-refractivity contribution in [2.75, 3.05) is 0 Å². The Morgan fingerprint density at radius 3 is 2.63 bits per heavy atom. The molecule has 3 rings (SSSR count). The van der Waals surface area contributed by atoms with Gasteiger partial charge in [-0.15, -0.1) is 0 Å². The van der Waals surface area contributed by atoms with E-state index in [1.807, 2.05) is 24.3 Å². The number of benzene rings is 2. The number of halogens is 2. The predicted octanol–water partition coefficient (Wildman–Crippen LogP) is 5.22. The molecule has 3 aromatic rings. The Balaban J connectivity index is 2.21. The molecule has 19 heavy (non-hydrogen) atoms. The molecule has 0 atom stereocenters. The number of furan rings is 1. The first-order valence-corrected chi connectivity index (χ1v) is 6.37. The van der Waals surface area contributed by atoms with E-state index >= 15 is 0 Å². The summed E-state index contributed by atoms with van der Waals surface area (Å²) < 4.78 is 5.73. The Labute approximate surface area is 119 Å². The molecule has 0 amide bonds. The summed E-state index contributed by atoms with van der Waals surface area (Å²) in [4.78, 5) is 10.8. The van der Waals surface area contributed by atoms with Crippen LogP contribution in [0.4, 0.5) is 0 Å². The van der Waals surface area contributed by atoms with E-state index in [9.17, 15) is 4.79 Å². The van der Waals surface area contributed by atoms with Crippen LogP contribution in [0.3, 0.4) is 0 Å². The lowest BCUT2D eigenvalue weighted by Crippen LogP contribution is -1.78. The molecular weight excluding hydrogens is 283 g/mol. The lowest BCUT2D eigenvalue weighted by molar-refractivity contribution is 0.112. The SMILES string of the molecule is O=Cc1cc(Cl)c2oc(-c3cccc(Cl)c3)cc2c1. The highest BCUT2D eigenvalue weighted by molar-refractivity contribution is 6.35. The van der Waals surface area contributed by atoms with Gasteiger partial charge in [0.2, 0.25) is 0 Å². The quantitative estimate of drug-likeness (QED) is 0.606. The van der Waals surface area contributed by atoms with Crippen molar-refractivity contribution in [2.45, 2.75) is 0 Å². The molecule has 0 radical (unpaired) electrons. The van der Waals surface area contributed by atoms with E-state index < -0.39 is 0 Å². The van der Waals surface area contributed by atoms with Crippen molar-refractivity contribution in [3.05, 3.63) is 58.1 Å². The Bertz CT molecular complexity index is 775. The highest BCUT2D eigenvalue weighted by atomic mass is 35.5. The van der Waals surface area contributed by atoms with Crippen molar-refractivity contribution in [1.29, 1.82) is 0 Å². The fourth-order valence-corrected chi connectivity index (χ4v) is 2.45. The molecule has 4 heteroatoms. The molecule has 0 aliphatic rings. The van der Waals surface area contributed by atoms with Gasteiger partial charge in [-0.05, 0) is 30.3 Å². The molecule has 0 N–H and O–H groups in total. The van der Waals surface area contributed by atoms with Crippen LogP contribution in [-0.4, -0.2) is 6.29 Å². The molecule has 0 aliphatic heterocycles. The summed E-state index contributed by atoms with van der Waals surface area (Å²) in [5.74, 6) is 0.669. The van der Waals surface area contributed by atoms with E-state index in [1.54, 1.807) is 18.2 Å². The third-order valence-corrected chi connectivity index (χ3v) is 3.35. The van der Waals surface area contributed by atoms with Crippen LogP contribution in [0.2, 0.25) is 10.0 Å². The summed E-state index contributed by atoms with van der Waals surface area (Å²) in [5, 5.41) is 1.86. The number of aldehydes is 1. The topological polar surface area (TPSA) is 30.2 Å². The van der Waals surface area contributed by atoms with Crippen LogP contribution in [-0.2, 0) is 0 Å². The van der Waals surface area contributed by atoms with Gasteiger partial charge in [-0.2, -0.15) is 0 Å². The molecule has 0 unspecified atom stereocenters. The number of hydrogen-bond donors (Lipinski definition) is 0. The Morgan fingerprint density at radius 2 is 1.89 bits per heavy atom. The molecule has 0 saturated heterocycles. The fraction of sp³-hybridized carbons (Fsp3) is 0. The summed E-state index contributed by atoms with van der Waals surface area (Å²) in [7, 11) is 0. The second-order valence-electron chi connectivity index (χ2n) is 4.16. The molecular formula is C15H8Cl2O2. The van der Waals surface area contributed by atoms with Crippen LogP contribution in [0, 0.1) is 0 Å². The monoisotopic (exact) mass is 290 g/mol. The smallest absolute Gasteiger partial charge is 0.153 e. The van der Waals surface area contributed by atoms with Crippen molar-refractivity contribution in [3.8, 4) is 11.3 Å². The molecule has 0 aliphatic carbocycles. The van der Waals surface area contributed by atoms with Crippen molar-refractivity contribution in [3.63, 3.8) is 0 Å². The lowest BCUT2D eigenvalue weighted by atomic mass is 10.1. The van der Waals surface area contributed by atoms with Crippen molar-refractivity contribution >= 4 is 40.5 Å². The lowest BCUT2D eigenvalue weighted by Gasteiger charge is -1.96. The molecule has 1 aromatic heterocycles. The Kier molecular flexibility index (Phi) is 3.05. The van der Waals surface area contributed by atoms with Gasteiger partial charge in [-0.25, -0.2) is 0 Å². The molecule has 0 bridgehead atoms. The van der Waals surface area contributed by atoms with E-state index in [0.29, 0.717) is 27.0 Å². The van der Waals surface area contributed by atoms with Gasteiger partial charge in [0.15, 0.2) is 5.58 Å². The molecule has 0 spiro atoms. The largest absolute Gasteiger partial charge is 0.455 e. The summed E-state index contributed by atoms with van der Waals surface area (Å²) in [6.07, 6.45) is 0.761. The number of fused-ring (bicyclic) bond motifs is 1. The zero-order chi connectivity index (χ0) is 13.4. The Hall–Kier alpha value is -1.77. The van der Waals surface area contributed by atoms with Crippen LogP contribution in [0.5, 0.6) is 0 Å². The van der Waals surface area contributed by atoms with Gasteiger partial charge in [-0.3, -0.25) is 4.79 Å². The maximum atomic E-state index is 10.8. The zero-order valence-corrected chi connectivity index (χ0v) is 11.2. The van der Waals surface area contributed by atoms with Crippen LogP contribution < -0.4 is 0 Å². The number of hydrogen-bond acceptors (Lipinski definition) is 2. The van der Waals surface area contributed by atoms with Crippen LogP contribution in [0.1, 0.15) is 10.4 Å². The highest BCUT2D eigenvalue weighted by Gasteiger charge is 2.10. The molecule has 2 nitrogen and oxygen atoms in total. The Morgan fingerprint density at radius 1 is 1.05 bits per heavy atom. The fourth-order valence-electron chi connectivity index (χ4n) is 1.98. The minimum Gasteiger partial charge on any atom is -0.455 e. The maximum Gasteiger partial charge on any atom is 0.153 e. The minimum atomic E-state index is 0.424. The average Bonchev–Trinajstić information content (AvgIpc) is 2.83. The van der Waals surface area contributed by atoms with E-state index in [0.717, 1.165) is 17.2 Å². The second-order valence-corrected chi connectivity index (χ2v) is 5.00. The molecule has 0 fully saturated rings. The van der Waals surface area contributed by atoms with E-state index in [1.165, 1.54) is 0 Å². The second kappa shape index (κ2) is 4.72. The van der Waals surface area contributed by atoms with Crippen LogP contribution in [0.25, 0.3) is 22.3 Å². The van der Waals surface area contributed by atoms with E-state index in [-0.39, 0.29) is 0 Å². The first-order chi connectivity index (χ1) is 9.17. The van der Waals surface area contributed by atoms with Gasteiger partial charge in [0.25, 0.3) is 0 Å². The van der Waals surface area contributed by atoms with Crippen molar-refractivity contribution < 1.29 is 9.21 Å². The zero-order valence-electron chi connectivity index (χ0n) is 9.69. The summed E-state index contributed by atoms with van der Waals surface area (Å²) in [5.41, 5.74) is 1.96. The van der Waals surface area contributed by atoms with Gasteiger partial charge < -0.3 is 4.42 Å². The van der Waals surface area contributed by atoms with Crippen molar-refractivity contribution in [2.24, 2.45) is 0 Å². The van der Waals surface area contributed by atoms with Gasteiger partial charge in [0.1, 0.15) is 12.0 Å². The molecule has 0 saturated carbocycles. The summed E-state index contributed by atoms with van der Waals surface area (Å²) in [6.45, 7) is 0. The predicted molar refractivity (Wildman–Crippen MR) is 77.1 cm³/mol. The standard InChI is InChI=1S/C15H8Cl2O2/c16-12-3-1-2-10(6-12)14-7-11-4-9(8-18)5-13(17)15(11)19-14/h1-8H. The normalized spacial score (nSPS) is 10.8. The molecule has 94 valence electrons. The van der Waals surface area contributed by atoms with Crippen LogP contribution >= 0.6 is 23.2 Å². The first-order valence-electron chi connectivity index (χ1n) is 5.61. The molecule has 2 aromatic carbocycles. The minimum absolute atomic E-state index is 0.424. The van der Waals surface area contributed by atoms with Gasteiger partial charge in [0.05, 0.1) is 5.02 Å². The van der Waals surface area contributed by atoms with Gasteiger partial charge in [-0.1, -0.05) is 35.3 Å². The number of rotatable bonds is 2. The van der Waals surface area contributed by atoms with Gasteiger partial charge >= 0.3 is 0 Å². The number of carbonyl (C=O) groups is 1.